The van der Waals surface area contributed by atoms with Crippen molar-refractivity contribution in [3.8, 4) is 12.3 Å². The van der Waals surface area contributed by atoms with E-state index in [9.17, 15) is 5.11 Å². The summed E-state index contributed by atoms with van der Waals surface area (Å²) in [6.07, 6.45) is 16.8. The lowest BCUT2D eigenvalue weighted by molar-refractivity contribution is 0.136. The molecular formula is C16H30O. The lowest BCUT2D eigenvalue weighted by Gasteiger charge is -2.12. The first-order valence-corrected chi connectivity index (χ1v) is 7.28. The van der Waals surface area contributed by atoms with E-state index in [1.807, 2.05) is 0 Å². The SMILES string of the molecule is C#CCCCCCCCCC[C@@H](O)CC(C)C. The smallest absolute Gasteiger partial charge is 0.0542 e. The fourth-order valence-electron chi connectivity index (χ4n) is 2.15. The summed E-state index contributed by atoms with van der Waals surface area (Å²) >= 11 is 0. The molecule has 0 bridgehead atoms. The molecule has 0 fully saturated rings. The fourth-order valence-corrected chi connectivity index (χ4v) is 2.15. The van der Waals surface area contributed by atoms with Gasteiger partial charge in [0.15, 0.2) is 0 Å². The fraction of sp³-hybridized carbons (Fsp3) is 0.875. The molecule has 0 saturated carbocycles. The van der Waals surface area contributed by atoms with Crippen molar-refractivity contribution in [3.05, 3.63) is 0 Å². The molecule has 0 aliphatic carbocycles. The standard InChI is InChI=1S/C16H30O/c1-4-5-6-7-8-9-10-11-12-13-16(17)14-15(2)3/h1,15-17H,5-14H2,2-3H3/t16-/m1/s1. The average Bonchev–Trinajstić information content (AvgIpc) is 2.26. The second-order valence-electron chi connectivity index (χ2n) is 5.50. The van der Waals surface area contributed by atoms with E-state index < -0.39 is 0 Å². The van der Waals surface area contributed by atoms with Crippen molar-refractivity contribution >= 4 is 0 Å². The van der Waals surface area contributed by atoms with Crippen LogP contribution in [-0.2, 0) is 0 Å². The molecule has 1 nitrogen and oxygen atoms in total. The van der Waals surface area contributed by atoms with Gasteiger partial charge in [0, 0.05) is 6.42 Å². The van der Waals surface area contributed by atoms with Gasteiger partial charge in [0.05, 0.1) is 6.10 Å². The molecular weight excluding hydrogens is 208 g/mol. The van der Waals surface area contributed by atoms with Crippen LogP contribution in [0.5, 0.6) is 0 Å². The van der Waals surface area contributed by atoms with E-state index >= 15 is 0 Å². The van der Waals surface area contributed by atoms with E-state index in [1.165, 1.54) is 44.9 Å². The van der Waals surface area contributed by atoms with Crippen LogP contribution in [0.2, 0.25) is 0 Å². The first kappa shape index (κ1) is 16.5. The van der Waals surface area contributed by atoms with Gasteiger partial charge in [-0.3, -0.25) is 0 Å². The summed E-state index contributed by atoms with van der Waals surface area (Å²) in [4.78, 5) is 0. The van der Waals surface area contributed by atoms with Gasteiger partial charge in [-0.1, -0.05) is 52.4 Å². The van der Waals surface area contributed by atoms with Gasteiger partial charge in [0.25, 0.3) is 0 Å². The molecule has 0 spiro atoms. The Kier molecular flexibility index (Phi) is 11.7. The monoisotopic (exact) mass is 238 g/mol. The van der Waals surface area contributed by atoms with Gasteiger partial charge in [-0.25, -0.2) is 0 Å². The van der Waals surface area contributed by atoms with Gasteiger partial charge < -0.3 is 5.11 Å². The van der Waals surface area contributed by atoms with Crippen molar-refractivity contribution in [2.75, 3.05) is 0 Å². The number of aliphatic hydroxyl groups excluding tert-OH is 1. The number of aliphatic hydroxyl groups is 1. The van der Waals surface area contributed by atoms with Crippen LogP contribution >= 0.6 is 0 Å². The topological polar surface area (TPSA) is 20.2 Å². The minimum absolute atomic E-state index is 0.0781. The van der Waals surface area contributed by atoms with Crippen LogP contribution in [0.4, 0.5) is 0 Å². The number of hydrogen-bond donors (Lipinski definition) is 1. The normalized spacial score (nSPS) is 12.6. The first-order valence-electron chi connectivity index (χ1n) is 7.28. The lowest BCUT2D eigenvalue weighted by atomic mass is 10.00. The Morgan fingerprint density at radius 2 is 1.47 bits per heavy atom. The minimum atomic E-state index is -0.0781. The third-order valence-corrected chi connectivity index (χ3v) is 3.10. The zero-order valence-electron chi connectivity index (χ0n) is 11.8. The maximum absolute atomic E-state index is 9.70. The Labute approximate surface area is 108 Å². The number of terminal acetylenes is 1. The summed E-state index contributed by atoms with van der Waals surface area (Å²) in [7, 11) is 0. The summed E-state index contributed by atoms with van der Waals surface area (Å²) in [6.45, 7) is 4.33. The van der Waals surface area contributed by atoms with E-state index in [0.29, 0.717) is 5.92 Å². The molecule has 0 heterocycles. The van der Waals surface area contributed by atoms with Crippen LogP contribution in [0.25, 0.3) is 0 Å². The highest BCUT2D eigenvalue weighted by Gasteiger charge is 2.05. The molecule has 0 amide bonds. The van der Waals surface area contributed by atoms with Gasteiger partial charge in [-0.05, 0) is 25.2 Å². The predicted octanol–water partition coefficient (Wildman–Crippen LogP) is 4.54. The maximum Gasteiger partial charge on any atom is 0.0542 e. The summed E-state index contributed by atoms with van der Waals surface area (Å²) in [6, 6.07) is 0. The second-order valence-corrected chi connectivity index (χ2v) is 5.50. The van der Waals surface area contributed by atoms with Crippen molar-refractivity contribution in [1.82, 2.24) is 0 Å². The first-order chi connectivity index (χ1) is 8.16. The Balaban J connectivity index is 3.10. The van der Waals surface area contributed by atoms with Crippen molar-refractivity contribution in [2.24, 2.45) is 5.92 Å². The number of rotatable bonds is 11. The van der Waals surface area contributed by atoms with Crippen molar-refractivity contribution in [1.29, 1.82) is 0 Å². The summed E-state index contributed by atoms with van der Waals surface area (Å²) < 4.78 is 0. The van der Waals surface area contributed by atoms with Gasteiger partial charge >= 0.3 is 0 Å². The van der Waals surface area contributed by atoms with E-state index in [0.717, 1.165) is 19.3 Å². The molecule has 0 unspecified atom stereocenters. The van der Waals surface area contributed by atoms with Crippen LogP contribution in [0.1, 0.15) is 78.1 Å². The molecule has 0 aliphatic heterocycles. The molecule has 0 aliphatic rings. The third kappa shape index (κ3) is 13.5. The Hall–Kier alpha value is -0.480. The molecule has 0 saturated heterocycles. The maximum atomic E-state index is 9.70. The highest BCUT2D eigenvalue weighted by Crippen LogP contribution is 2.13. The van der Waals surface area contributed by atoms with Crippen molar-refractivity contribution < 1.29 is 5.11 Å². The number of hydrogen-bond acceptors (Lipinski definition) is 1. The van der Waals surface area contributed by atoms with Crippen LogP contribution in [0.15, 0.2) is 0 Å². The highest BCUT2D eigenvalue weighted by molar-refractivity contribution is 4.82. The molecule has 1 atom stereocenters. The van der Waals surface area contributed by atoms with Gasteiger partial charge in [0.1, 0.15) is 0 Å². The summed E-state index contributed by atoms with van der Waals surface area (Å²) in [5.41, 5.74) is 0. The molecule has 17 heavy (non-hydrogen) atoms. The molecule has 0 aromatic carbocycles. The predicted molar refractivity (Wildman–Crippen MR) is 75.8 cm³/mol. The zero-order valence-corrected chi connectivity index (χ0v) is 11.8. The van der Waals surface area contributed by atoms with E-state index in [-0.39, 0.29) is 6.10 Å². The van der Waals surface area contributed by atoms with Crippen LogP contribution in [0, 0.1) is 18.3 Å². The van der Waals surface area contributed by atoms with Crippen LogP contribution < -0.4 is 0 Å². The van der Waals surface area contributed by atoms with Crippen LogP contribution in [0.3, 0.4) is 0 Å². The van der Waals surface area contributed by atoms with Gasteiger partial charge in [0.2, 0.25) is 0 Å². The van der Waals surface area contributed by atoms with Gasteiger partial charge in [-0.2, -0.15) is 0 Å². The molecule has 0 aromatic heterocycles. The average molecular weight is 238 g/mol. The Morgan fingerprint density at radius 1 is 0.941 bits per heavy atom. The second kappa shape index (κ2) is 12.0. The molecule has 0 radical (unpaired) electrons. The Morgan fingerprint density at radius 3 is 2.00 bits per heavy atom. The molecule has 1 heteroatoms. The summed E-state index contributed by atoms with van der Waals surface area (Å²) in [5, 5.41) is 9.70. The van der Waals surface area contributed by atoms with Crippen LogP contribution in [-0.4, -0.2) is 11.2 Å². The molecule has 0 aromatic rings. The Bertz CT molecular complexity index is 190. The van der Waals surface area contributed by atoms with E-state index in [2.05, 4.69) is 19.8 Å². The van der Waals surface area contributed by atoms with Crippen molar-refractivity contribution in [3.63, 3.8) is 0 Å². The lowest BCUT2D eigenvalue weighted by Crippen LogP contribution is -2.09. The molecule has 100 valence electrons. The summed E-state index contributed by atoms with van der Waals surface area (Å²) in [5.74, 6) is 3.29. The quantitative estimate of drug-likeness (QED) is 0.414. The third-order valence-electron chi connectivity index (χ3n) is 3.10. The largest absolute Gasteiger partial charge is 0.393 e. The molecule has 0 rings (SSSR count). The van der Waals surface area contributed by atoms with E-state index in [1.54, 1.807) is 0 Å². The van der Waals surface area contributed by atoms with Gasteiger partial charge in [-0.15, -0.1) is 12.3 Å². The molecule has 1 N–H and O–H groups in total. The minimum Gasteiger partial charge on any atom is -0.393 e. The number of unbranched alkanes of at least 4 members (excludes halogenated alkanes) is 7. The van der Waals surface area contributed by atoms with Crippen molar-refractivity contribution in [2.45, 2.75) is 84.2 Å². The highest BCUT2D eigenvalue weighted by atomic mass is 16.3. The van der Waals surface area contributed by atoms with E-state index in [4.69, 9.17) is 6.42 Å². The zero-order chi connectivity index (χ0) is 12.9.